The Kier molecular flexibility index (Phi) is 7.82. The lowest BCUT2D eigenvalue weighted by Crippen LogP contribution is -2.51. The molecule has 5 nitrogen and oxygen atoms in total. The van der Waals surface area contributed by atoms with E-state index < -0.39 is 0 Å². The number of nitrogens with one attached hydrogen (secondary N) is 1. The number of piperazine rings is 1. The van der Waals surface area contributed by atoms with Crippen LogP contribution in [0.1, 0.15) is 34.8 Å². The van der Waals surface area contributed by atoms with Crippen molar-refractivity contribution < 1.29 is 9.59 Å². The van der Waals surface area contributed by atoms with Crippen LogP contribution in [0.4, 0.5) is 0 Å². The SMILES string of the molecule is CCCNC(=O)CN1CCN(C(=O)c2ccccc2CCc2ccccc2)CC1. The first kappa shape index (κ1) is 21.1. The van der Waals surface area contributed by atoms with Crippen molar-refractivity contribution in [1.29, 1.82) is 0 Å². The molecule has 1 fully saturated rings. The quantitative estimate of drug-likeness (QED) is 0.750. The lowest BCUT2D eigenvalue weighted by atomic mass is 9.99. The maximum atomic E-state index is 13.1. The highest BCUT2D eigenvalue weighted by atomic mass is 16.2. The average Bonchev–Trinajstić information content (AvgIpc) is 2.77. The van der Waals surface area contributed by atoms with Crippen molar-refractivity contribution in [3.63, 3.8) is 0 Å². The van der Waals surface area contributed by atoms with Gasteiger partial charge in [0, 0.05) is 38.3 Å². The number of rotatable bonds is 8. The second-order valence-electron chi connectivity index (χ2n) is 7.56. The molecule has 0 spiro atoms. The molecule has 3 rings (SSSR count). The zero-order valence-corrected chi connectivity index (χ0v) is 17.3. The summed E-state index contributed by atoms with van der Waals surface area (Å²) in [5.41, 5.74) is 3.19. The summed E-state index contributed by atoms with van der Waals surface area (Å²) in [5.74, 6) is 0.168. The number of aryl methyl sites for hydroxylation is 2. The summed E-state index contributed by atoms with van der Waals surface area (Å²) in [6.45, 7) is 5.96. The molecule has 5 heteroatoms. The van der Waals surface area contributed by atoms with Crippen LogP contribution in [0, 0.1) is 0 Å². The highest BCUT2D eigenvalue weighted by molar-refractivity contribution is 5.95. The van der Waals surface area contributed by atoms with Gasteiger partial charge in [0.1, 0.15) is 0 Å². The molecule has 1 heterocycles. The van der Waals surface area contributed by atoms with E-state index in [9.17, 15) is 9.59 Å². The molecule has 1 aliphatic rings. The van der Waals surface area contributed by atoms with E-state index in [0.29, 0.717) is 19.6 Å². The highest BCUT2D eigenvalue weighted by Gasteiger charge is 2.24. The van der Waals surface area contributed by atoms with Gasteiger partial charge in [0.2, 0.25) is 5.91 Å². The predicted octanol–water partition coefficient (Wildman–Crippen LogP) is 2.76. The molecule has 0 bridgehead atoms. The fourth-order valence-electron chi connectivity index (χ4n) is 3.67. The van der Waals surface area contributed by atoms with Gasteiger partial charge in [-0.15, -0.1) is 0 Å². The minimum absolute atomic E-state index is 0.0675. The summed E-state index contributed by atoms with van der Waals surface area (Å²) in [4.78, 5) is 29.1. The third kappa shape index (κ3) is 6.16. The second kappa shape index (κ2) is 10.8. The first-order valence-corrected chi connectivity index (χ1v) is 10.6. The van der Waals surface area contributed by atoms with E-state index in [1.165, 1.54) is 5.56 Å². The van der Waals surface area contributed by atoms with Crippen LogP contribution in [-0.2, 0) is 17.6 Å². The number of nitrogens with zero attached hydrogens (tertiary/aromatic N) is 2. The van der Waals surface area contributed by atoms with Crippen LogP contribution in [0.2, 0.25) is 0 Å². The Morgan fingerprint density at radius 2 is 1.59 bits per heavy atom. The van der Waals surface area contributed by atoms with E-state index in [1.54, 1.807) is 0 Å². The Hall–Kier alpha value is -2.66. The monoisotopic (exact) mass is 393 g/mol. The number of carbonyl (C=O) groups is 2. The van der Waals surface area contributed by atoms with Crippen LogP contribution in [0.5, 0.6) is 0 Å². The smallest absolute Gasteiger partial charge is 0.254 e. The molecule has 0 atom stereocenters. The van der Waals surface area contributed by atoms with Gasteiger partial charge >= 0.3 is 0 Å². The molecule has 1 N–H and O–H groups in total. The minimum atomic E-state index is 0.0675. The number of carbonyl (C=O) groups excluding carboxylic acids is 2. The van der Waals surface area contributed by atoms with Gasteiger partial charge < -0.3 is 10.2 Å². The molecule has 2 aromatic rings. The van der Waals surface area contributed by atoms with Gasteiger partial charge in [0.25, 0.3) is 5.91 Å². The largest absolute Gasteiger partial charge is 0.355 e. The second-order valence-corrected chi connectivity index (χ2v) is 7.56. The Bertz CT molecular complexity index is 799. The molecule has 1 aliphatic heterocycles. The molecular formula is C24H31N3O2. The van der Waals surface area contributed by atoms with Crippen LogP contribution in [-0.4, -0.2) is 60.9 Å². The molecule has 0 radical (unpaired) electrons. The number of amides is 2. The molecule has 0 unspecified atom stereocenters. The Labute approximate surface area is 173 Å². The van der Waals surface area contributed by atoms with Crippen molar-refractivity contribution >= 4 is 11.8 Å². The molecule has 154 valence electrons. The fourth-order valence-corrected chi connectivity index (χ4v) is 3.67. The third-order valence-electron chi connectivity index (χ3n) is 5.37. The van der Waals surface area contributed by atoms with Crippen molar-refractivity contribution in [3.8, 4) is 0 Å². The van der Waals surface area contributed by atoms with Crippen LogP contribution >= 0.6 is 0 Å². The Balaban J connectivity index is 1.55. The van der Waals surface area contributed by atoms with Crippen molar-refractivity contribution in [2.24, 2.45) is 0 Å². The molecule has 2 aromatic carbocycles. The minimum Gasteiger partial charge on any atom is -0.355 e. The van der Waals surface area contributed by atoms with Gasteiger partial charge in [-0.1, -0.05) is 55.5 Å². The van der Waals surface area contributed by atoms with Crippen LogP contribution in [0.3, 0.4) is 0 Å². The summed E-state index contributed by atoms with van der Waals surface area (Å²) in [6, 6.07) is 18.3. The molecule has 0 aromatic heterocycles. The zero-order valence-electron chi connectivity index (χ0n) is 17.3. The first-order chi connectivity index (χ1) is 14.2. The van der Waals surface area contributed by atoms with Crippen molar-refractivity contribution in [2.45, 2.75) is 26.2 Å². The number of hydrogen-bond acceptors (Lipinski definition) is 3. The van der Waals surface area contributed by atoms with Crippen LogP contribution in [0.15, 0.2) is 54.6 Å². The van der Waals surface area contributed by atoms with E-state index in [2.05, 4.69) is 28.4 Å². The van der Waals surface area contributed by atoms with Gasteiger partial charge in [-0.05, 0) is 36.5 Å². The predicted molar refractivity (Wildman–Crippen MR) is 116 cm³/mol. The molecule has 0 saturated carbocycles. The summed E-state index contributed by atoms with van der Waals surface area (Å²) >= 11 is 0. The van der Waals surface area contributed by atoms with Crippen LogP contribution < -0.4 is 5.32 Å². The summed E-state index contributed by atoms with van der Waals surface area (Å²) in [6.07, 6.45) is 2.72. The summed E-state index contributed by atoms with van der Waals surface area (Å²) in [7, 11) is 0. The normalized spacial score (nSPS) is 14.6. The van der Waals surface area contributed by atoms with E-state index in [-0.39, 0.29) is 11.8 Å². The summed E-state index contributed by atoms with van der Waals surface area (Å²) < 4.78 is 0. The Morgan fingerprint density at radius 3 is 2.31 bits per heavy atom. The standard InChI is InChI=1S/C24H31N3O2/c1-2-14-25-23(28)19-26-15-17-27(18-16-26)24(29)22-11-7-6-10-21(22)13-12-20-8-4-3-5-9-20/h3-11H,2,12-19H2,1H3,(H,25,28). The van der Waals surface area contributed by atoms with Crippen molar-refractivity contribution in [2.75, 3.05) is 39.3 Å². The maximum Gasteiger partial charge on any atom is 0.254 e. The molecule has 2 amide bonds. The topological polar surface area (TPSA) is 52.7 Å². The fraction of sp³-hybridized carbons (Fsp3) is 0.417. The zero-order chi connectivity index (χ0) is 20.5. The van der Waals surface area contributed by atoms with Crippen LogP contribution in [0.25, 0.3) is 0 Å². The van der Waals surface area contributed by atoms with Gasteiger partial charge in [0.15, 0.2) is 0 Å². The van der Waals surface area contributed by atoms with Gasteiger partial charge in [-0.25, -0.2) is 0 Å². The average molecular weight is 394 g/mol. The van der Waals surface area contributed by atoms with Crippen molar-refractivity contribution in [1.82, 2.24) is 15.1 Å². The molecule has 0 aliphatic carbocycles. The van der Waals surface area contributed by atoms with E-state index in [4.69, 9.17) is 0 Å². The number of hydrogen-bond donors (Lipinski definition) is 1. The Morgan fingerprint density at radius 1 is 0.897 bits per heavy atom. The van der Waals surface area contributed by atoms with E-state index in [0.717, 1.165) is 50.0 Å². The van der Waals surface area contributed by atoms with Gasteiger partial charge in [-0.3, -0.25) is 14.5 Å². The molecular weight excluding hydrogens is 362 g/mol. The maximum absolute atomic E-state index is 13.1. The van der Waals surface area contributed by atoms with Gasteiger partial charge in [-0.2, -0.15) is 0 Å². The molecule has 29 heavy (non-hydrogen) atoms. The number of benzene rings is 2. The van der Waals surface area contributed by atoms with Crippen molar-refractivity contribution in [3.05, 3.63) is 71.3 Å². The lowest BCUT2D eigenvalue weighted by Gasteiger charge is -2.34. The van der Waals surface area contributed by atoms with E-state index in [1.807, 2.05) is 48.2 Å². The molecule has 1 saturated heterocycles. The lowest BCUT2D eigenvalue weighted by molar-refractivity contribution is -0.122. The van der Waals surface area contributed by atoms with E-state index >= 15 is 0 Å². The third-order valence-corrected chi connectivity index (χ3v) is 5.37. The highest BCUT2D eigenvalue weighted by Crippen LogP contribution is 2.16. The first-order valence-electron chi connectivity index (χ1n) is 10.6. The van der Waals surface area contributed by atoms with Gasteiger partial charge in [0.05, 0.1) is 6.54 Å². The summed E-state index contributed by atoms with van der Waals surface area (Å²) in [5, 5.41) is 2.91.